The Morgan fingerprint density at radius 2 is 1.73 bits per heavy atom. The lowest BCUT2D eigenvalue weighted by molar-refractivity contribution is -0.147. The molecule has 2 rings (SSSR count). The maximum absolute atomic E-state index is 12.6. The molecule has 0 unspecified atom stereocenters. The van der Waals surface area contributed by atoms with Crippen molar-refractivity contribution in [2.45, 2.75) is 60.5 Å². The summed E-state index contributed by atoms with van der Waals surface area (Å²) in [6, 6.07) is 11.2. The number of esters is 1. The molecule has 6 nitrogen and oxygen atoms in total. The van der Waals surface area contributed by atoms with Gasteiger partial charge in [-0.05, 0) is 38.8 Å². The Morgan fingerprint density at radius 1 is 1.10 bits per heavy atom. The molecule has 0 bridgehead atoms. The van der Waals surface area contributed by atoms with Gasteiger partial charge in [-0.1, -0.05) is 51.1 Å². The Kier molecular flexibility index (Phi) is 7.59. The summed E-state index contributed by atoms with van der Waals surface area (Å²) in [6.45, 7) is 11.1. The molecule has 2 aromatic rings. The number of benzene rings is 1. The minimum Gasteiger partial charge on any atom is -0.456 e. The lowest BCUT2D eigenvalue weighted by Crippen LogP contribution is -2.45. The normalized spacial score (nSPS) is 12.3. The van der Waals surface area contributed by atoms with E-state index in [9.17, 15) is 14.4 Å². The van der Waals surface area contributed by atoms with Gasteiger partial charge in [0.15, 0.2) is 6.61 Å². The van der Waals surface area contributed by atoms with Crippen LogP contribution in [0.3, 0.4) is 0 Å². The molecule has 0 aliphatic rings. The van der Waals surface area contributed by atoms with Crippen LogP contribution in [-0.4, -0.2) is 34.9 Å². The molecular weight excluding hydrogens is 380 g/mol. The van der Waals surface area contributed by atoms with E-state index in [-0.39, 0.29) is 18.3 Å². The number of amides is 1. The Labute approximate surface area is 178 Å². The second-order valence-electron chi connectivity index (χ2n) is 8.65. The molecular formula is C24H32N2O4. The van der Waals surface area contributed by atoms with Crippen molar-refractivity contribution in [1.82, 2.24) is 9.88 Å². The maximum atomic E-state index is 12.6. The first-order chi connectivity index (χ1) is 14.0. The van der Waals surface area contributed by atoms with Crippen LogP contribution in [0.25, 0.3) is 0 Å². The lowest BCUT2D eigenvalue weighted by atomic mass is 9.95. The number of carbonyl (C=O) groups is 3. The van der Waals surface area contributed by atoms with Crippen molar-refractivity contribution >= 4 is 17.7 Å². The second-order valence-corrected chi connectivity index (χ2v) is 8.65. The molecule has 1 aromatic carbocycles. The Morgan fingerprint density at radius 3 is 2.33 bits per heavy atom. The van der Waals surface area contributed by atoms with E-state index in [4.69, 9.17) is 4.74 Å². The van der Waals surface area contributed by atoms with Crippen molar-refractivity contribution in [3.63, 3.8) is 0 Å². The highest BCUT2D eigenvalue weighted by atomic mass is 16.5. The zero-order chi connectivity index (χ0) is 22.5. The summed E-state index contributed by atoms with van der Waals surface area (Å²) in [5, 5.41) is 2.61. The fourth-order valence-corrected chi connectivity index (χ4v) is 3.12. The van der Waals surface area contributed by atoms with E-state index >= 15 is 0 Å². The van der Waals surface area contributed by atoms with E-state index < -0.39 is 17.4 Å². The molecule has 0 saturated carbocycles. The van der Waals surface area contributed by atoms with Crippen LogP contribution < -0.4 is 5.32 Å². The van der Waals surface area contributed by atoms with Crippen molar-refractivity contribution in [3.05, 3.63) is 58.9 Å². The smallest absolute Gasteiger partial charge is 0.328 e. The SMILES string of the molecule is Cc1cc(C(=O)COC(=O)[C@H](C)NC(=O)C(C)(C)C)c(C)n1CCc1ccccc1. The van der Waals surface area contributed by atoms with Crippen molar-refractivity contribution in [1.29, 1.82) is 0 Å². The number of hydrogen-bond acceptors (Lipinski definition) is 4. The summed E-state index contributed by atoms with van der Waals surface area (Å²) < 4.78 is 7.26. The van der Waals surface area contributed by atoms with Crippen LogP contribution in [0.5, 0.6) is 0 Å². The topological polar surface area (TPSA) is 77.4 Å². The Bertz CT molecular complexity index is 907. The molecule has 1 N–H and O–H groups in total. The highest BCUT2D eigenvalue weighted by Crippen LogP contribution is 2.17. The van der Waals surface area contributed by atoms with Gasteiger partial charge in [-0.25, -0.2) is 4.79 Å². The predicted molar refractivity (Wildman–Crippen MR) is 116 cm³/mol. The average Bonchev–Trinajstić information content (AvgIpc) is 2.97. The summed E-state index contributed by atoms with van der Waals surface area (Å²) in [7, 11) is 0. The summed E-state index contributed by atoms with van der Waals surface area (Å²) in [4.78, 5) is 36.8. The second kappa shape index (κ2) is 9.74. The molecule has 30 heavy (non-hydrogen) atoms. The standard InChI is InChI=1S/C24H32N2O4/c1-16-14-20(18(3)26(16)13-12-19-10-8-7-9-11-19)21(27)15-30-22(28)17(2)25-23(29)24(4,5)6/h7-11,14,17H,12-13,15H2,1-6H3,(H,25,29)/t17-/m0/s1. The van der Waals surface area contributed by atoms with Crippen LogP contribution in [-0.2, 0) is 27.3 Å². The zero-order valence-corrected chi connectivity index (χ0v) is 18.7. The van der Waals surface area contributed by atoms with Crippen LogP contribution in [0.15, 0.2) is 36.4 Å². The van der Waals surface area contributed by atoms with Crippen molar-refractivity contribution in [2.75, 3.05) is 6.61 Å². The van der Waals surface area contributed by atoms with Gasteiger partial charge in [0.1, 0.15) is 6.04 Å². The molecule has 1 atom stereocenters. The number of carbonyl (C=O) groups excluding carboxylic acids is 3. The molecule has 0 radical (unpaired) electrons. The number of nitrogens with zero attached hydrogens (tertiary/aromatic N) is 1. The van der Waals surface area contributed by atoms with Gasteiger partial charge >= 0.3 is 5.97 Å². The molecule has 0 spiro atoms. The fraction of sp³-hybridized carbons (Fsp3) is 0.458. The van der Waals surface area contributed by atoms with E-state index in [1.807, 2.05) is 38.1 Å². The number of rotatable bonds is 8. The summed E-state index contributed by atoms with van der Waals surface area (Å²) in [5.74, 6) is -1.13. The number of nitrogens with one attached hydrogen (secondary N) is 1. The van der Waals surface area contributed by atoms with Crippen LogP contribution >= 0.6 is 0 Å². The maximum Gasteiger partial charge on any atom is 0.328 e. The lowest BCUT2D eigenvalue weighted by Gasteiger charge is -2.20. The van der Waals surface area contributed by atoms with Gasteiger partial charge in [-0.3, -0.25) is 9.59 Å². The monoisotopic (exact) mass is 412 g/mol. The quantitative estimate of drug-likeness (QED) is 0.531. The minimum atomic E-state index is -0.817. The van der Waals surface area contributed by atoms with E-state index in [0.717, 1.165) is 24.4 Å². The Balaban J connectivity index is 1.95. The first kappa shape index (κ1) is 23.4. The number of aromatic nitrogens is 1. The largest absolute Gasteiger partial charge is 0.456 e. The van der Waals surface area contributed by atoms with Gasteiger partial charge < -0.3 is 14.6 Å². The van der Waals surface area contributed by atoms with E-state index in [0.29, 0.717) is 5.56 Å². The minimum absolute atomic E-state index is 0.250. The van der Waals surface area contributed by atoms with Crippen molar-refractivity contribution in [2.24, 2.45) is 5.41 Å². The molecule has 0 aliphatic heterocycles. The first-order valence-electron chi connectivity index (χ1n) is 10.2. The number of ketones is 1. The van der Waals surface area contributed by atoms with Crippen LogP contribution in [0.2, 0.25) is 0 Å². The first-order valence-corrected chi connectivity index (χ1v) is 10.2. The van der Waals surface area contributed by atoms with Gasteiger partial charge in [0.05, 0.1) is 0 Å². The number of hydrogen-bond donors (Lipinski definition) is 1. The van der Waals surface area contributed by atoms with E-state index in [2.05, 4.69) is 22.0 Å². The number of ether oxygens (including phenoxy) is 1. The molecule has 0 aliphatic carbocycles. The van der Waals surface area contributed by atoms with Crippen LogP contribution in [0, 0.1) is 19.3 Å². The van der Waals surface area contributed by atoms with Gasteiger partial charge in [-0.2, -0.15) is 0 Å². The summed E-state index contributed by atoms with van der Waals surface area (Å²) >= 11 is 0. The highest BCUT2D eigenvalue weighted by molar-refractivity contribution is 5.99. The molecule has 1 amide bonds. The van der Waals surface area contributed by atoms with Crippen molar-refractivity contribution in [3.8, 4) is 0 Å². The van der Waals surface area contributed by atoms with Crippen LogP contribution in [0.4, 0.5) is 0 Å². The number of aryl methyl sites for hydroxylation is 2. The van der Waals surface area contributed by atoms with E-state index in [1.54, 1.807) is 27.7 Å². The molecule has 0 saturated heterocycles. The predicted octanol–water partition coefficient (Wildman–Crippen LogP) is 3.62. The molecule has 1 aromatic heterocycles. The van der Waals surface area contributed by atoms with Crippen LogP contribution in [0.1, 0.15) is 55.0 Å². The molecule has 162 valence electrons. The van der Waals surface area contributed by atoms with Gasteiger partial charge in [-0.15, -0.1) is 0 Å². The molecule has 0 fully saturated rings. The zero-order valence-electron chi connectivity index (χ0n) is 18.7. The third-order valence-corrected chi connectivity index (χ3v) is 5.07. The Hall–Kier alpha value is -2.89. The summed E-state index contributed by atoms with van der Waals surface area (Å²) in [5.41, 5.74) is 3.03. The highest BCUT2D eigenvalue weighted by Gasteiger charge is 2.26. The third kappa shape index (κ3) is 6.05. The third-order valence-electron chi connectivity index (χ3n) is 5.07. The van der Waals surface area contributed by atoms with Gasteiger partial charge in [0.25, 0.3) is 0 Å². The summed E-state index contributed by atoms with van der Waals surface area (Å²) in [6.07, 6.45) is 0.866. The van der Waals surface area contributed by atoms with Gasteiger partial charge in [0, 0.05) is 28.9 Å². The fourth-order valence-electron chi connectivity index (χ4n) is 3.12. The van der Waals surface area contributed by atoms with E-state index in [1.165, 1.54) is 5.56 Å². The van der Waals surface area contributed by atoms with Gasteiger partial charge in [0.2, 0.25) is 11.7 Å². The average molecular weight is 413 g/mol. The van der Waals surface area contributed by atoms with Crippen molar-refractivity contribution < 1.29 is 19.1 Å². The number of Topliss-reactive ketones (excluding diaryl/α,β-unsaturated/α-hetero) is 1. The molecule has 6 heteroatoms. The molecule has 1 heterocycles.